The van der Waals surface area contributed by atoms with Crippen molar-refractivity contribution in [1.82, 2.24) is 14.7 Å². The summed E-state index contributed by atoms with van der Waals surface area (Å²) in [5.41, 5.74) is 1.82. The Bertz CT molecular complexity index is 984. The van der Waals surface area contributed by atoms with Gasteiger partial charge in [0.1, 0.15) is 0 Å². The van der Waals surface area contributed by atoms with Gasteiger partial charge in [0.2, 0.25) is 0 Å². The SMILES string of the molecule is COc1cccc2c1OC(C(=O)N(C)CCN(C)C(=O)c1occc1CN1CCOCC1)C2. The number of carbonyl (C=O) groups is 2. The molecule has 1 aromatic heterocycles. The molecule has 2 aliphatic rings. The lowest BCUT2D eigenvalue weighted by Crippen LogP contribution is -2.43. The summed E-state index contributed by atoms with van der Waals surface area (Å²) < 4.78 is 22.1. The molecule has 3 heterocycles. The van der Waals surface area contributed by atoms with Crippen molar-refractivity contribution in [2.45, 2.75) is 19.1 Å². The molecule has 4 rings (SSSR count). The predicted octanol–water partition coefficient (Wildman–Crippen LogP) is 1.65. The number of ether oxygens (including phenoxy) is 3. The van der Waals surface area contributed by atoms with E-state index >= 15 is 0 Å². The van der Waals surface area contributed by atoms with Gasteiger partial charge in [0.15, 0.2) is 23.4 Å². The Morgan fingerprint density at radius 3 is 2.64 bits per heavy atom. The Morgan fingerprint density at radius 1 is 1.12 bits per heavy atom. The molecule has 1 fully saturated rings. The van der Waals surface area contributed by atoms with Crippen molar-refractivity contribution >= 4 is 11.8 Å². The van der Waals surface area contributed by atoms with Gasteiger partial charge in [-0.3, -0.25) is 14.5 Å². The van der Waals surface area contributed by atoms with Crippen LogP contribution in [0.4, 0.5) is 0 Å². The highest BCUT2D eigenvalue weighted by Crippen LogP contribution is 2.37. The molecule has 9 heteroatoms. The van der Waals surface area contributed by atoms with E-state index in [2.05, 4.69) is 4.90 Å². The number of hydrogen-bond acceptors (Lipinski definition) is 7. The first-order valence-electron chi connectivity index (χ1n) is 11.2. The van der Waals surface area contributed by atoms with E-state index in [1.165, 1.54) is 0 Å². The van der Waals surface area contributed by atoms with E-state index in [4.69, 9.17) is 18.6 Å². The van der Waals surface area contributed by atoms with Crippen molar-refractivity contribution in [1.29, 1.82) is 0 Å². The molecule has 0 saturated carbocycles. The molecule has 178 valence electrons. The molecule has 0 bridgehead atoms. The highest BCUT2D eigenvalue weighted by atomic mass is 16.5. The van der Waals surface area contributed by atoms with Crippen LogP contribution >= 0.6 is 0 Å². The molecular weight excluding hydrogens is 426 g/mol. The number of fused-ring (bicyclic) bond motifs is 1. The van der Waals surface area contributed by atoms with Crippen LogP contribution in [0, 0.1) is 0 Å². The van der Waals surface area contributed by atoms with Crippen molar-refractivity contribution in [3.05, 3.63) is 47.4 Å². The van der Waals surface area contributed by atoms with Gasteiger partial charge in [0.05, 0.1) is 26.6 Å². The molecular formula is C24H31N3O6. The number of para-hydroxylation sites is 1. The average molecular weight is 458 g/mol. The van der Waals surface area contributed by atoms with Gasteiger partial charge in [0, 0.05) is 64.4 Å². The van der Waals surface area contributed by atoms with Crippen LogP contribution in [0.5, 0.6) is 11.5 Å². The van der Waals surface area contributed by atoms with Gasteiger partial charge in [-0.15, -0.1) is 0 Å². The highest BCUT2D eigenvalue weighted by Gasteiger charge is 2.33. The van der Waals surface area contributed by atoms with Crippen LogP contribution in [0.15, 0.2) is 34.9 Å². The highest BCUT2D eigenvalue weighted by molar-refractivity contribution is 5.92. The summed E-state index contributed by atoms with van der Waals surface area (Å²) >= 11 is 0. The summed E-state index contributed by atoms with van der Waals surface area (Å²) in [5, 5.41) is 0. The fraction of sp³-hybridized carbons (Fsp3) is 0.500. The number of nitrogens with zero attached hydrogens (tertiary/aromatic N) is 3. The maximum absolute atomic E-state index is 13.0. The van der Waals surface area contributed by atoms with Crippen LogP contribution in [0.2, 0.25) is 0 Å². The van der Waals surface area contributed by atoms with Gasteiger partial charge in [-0.05, 0) is 12.1 Å². The van der Waals surface area contributed by atoms with Crippen molar-refractivity contribution in [2.75, 3.05) is 60.6 Å². The second-order valence-electron chi connectivity index (χ2n) is 8.41. The van der Waals surface area contributed by atoms with E-state index in [1.807, 2.05) is 24.3 Å². The first kappa shape index (κ1) is 23.1. The molecule has 1 unspecified atom stereocenters. The van der Waals surface area contributed by atoms with Gasteiger partial charge in [-0.25, -0.2) is 0 Å². The molecule has 1 saturated heterocycles. The van der Waals surface area contributed by atoms with Crippen molar-refractivity contribution in [3.63, 3.8) is 0 Å². The Kier molecular flexibility index (Phi) is 7.20. The van der Waals surface area contributed by atoms with Gasteiger partial charge in [-0.1, -0.05) is 12.1 Å². The summed E-state index contributed by atoms with van der Waals surface area (Å²) in [7, 11) is 5.02. The van der Waals surface area contributed by atoms with Crippen molar-refractivity contribution in [2.24, 2.45) is 0 Å². The zero-order valence-corrected chi connectivity index (χ0v) is 19.4. The van der Waals surface area contributed by atoms with Crippen LogP contribution in [-0.2, 0) is 22.5 Å². The molecule has 0 N–H and O–H groups in total. The van der Waals surface area contributed by atoms with E-state index in [9.17, 15) is 9.59 Å². The second-order valence-corrected chi connectivity index (χ2v) is 8.41. The number of benzene rings is 1. The normalized spacial score (nSPS) is 17.8. The molecule has 9 nitrogen and oxygen atoms in total. The van der Waals surface area contributed by atoms with Gasteiger partial charge in [-0.2, -0.15) is 0 Å². The molecule has 1 aromatic carbocycles. The quantitative estimate of drug-likeness (QED) is 0.596. The van der Waals surface area contributed by atoms with Gasteiger partial charge >= 0.3 is 0 Å². The third-order valence-corrected chi connectivity index (χ3v) is 6.15. The minimum atomic E-state index is -0.590. The van der Waals surface area contributed by atoms with Crippen LogP contribution in [0.1, 0.15) is 21.7 Å². The van der Waals surface area contributed by atoms with E-state index in [1.54, 1.807) is 37.3 Å². The first-order valence-corrected chi connectivity index (χ1v) is 11.2. The monoisotopic (exact) mass is 457 g/mol. The Morgan fingerprint density at radius 2 is 1.88 bits per heavy atom. The first-order chi connectivity index (χ1) is 16.0. The fourth-order valence-corrected chi connectivity index (χ4v) is 4.12. The summed E-state index contributed by atoms with van der Waals surface area (Å²) in [6.07, 6.45) is 1.46. The van der Waals surface area contributed by atoms with E-state index < -0.39 is 6.10 Å². The maximum Gasteiger partial charge on any atom is 0.289 e. The number of hydrogen-bond donors (Lipinski definition) is 0. The lowest BCUT2D eigenvalue weighted by Gasteiger charge is -2.27. The third-order valence-electron chi connectivity index (χ3n) is 6.15. The molecule has 0 radical (unpaired) electrons. The molecule has 2 amide bonds. The smallest absolute Gasteiger partial charge is 0.289 e. The average Bonchev–Trinajstić information content (AvgIpc) is 3.48. The van der Waals surface area contributed by atoms with E-state index in [0.717, 1.165) is 24.2 Å². The van der Waals surface area contributed by atoms with Gasteiger partial charge in [0.25, 0.3) is 11.8 Å². The lowest BCUT2D eigenvalue weighted by molar-refractivity contribution is -0.136. The third kappa shape index (κ3) is 5.15. The molecule has 33 heavy (non-hydrogen) atoms. The minimum Gasteiger partial charge on any atom is -0.493 e. The largest absolute Gasteiger partial charge is 0.493 e. The zero-order valence-electron chi connectivity index (χ0n) is 19.4. The number of furan rings is 1. The number of amides is 2. The predicted molar refractivity (Wildman–Crippen MR) is 121 cm³/mol. The number of methoxy groups -OCH3 is 1. The van der Waals surface area contributed by atoms with Crippen LogP contribution < -0.4 is 9.47 Å². The van der Waals surface area contributed by atoms with Crippen LogP contribution in [0.3, 0.4) is 0 Å². The van der Waals surface area contributed by atoms with E-state index in [0.29, 0.717) is 56.5 Å². The molecule has 2 aromatic rings. The van der Waals surface area contributed by atoms with Crippen molar-refractivity contribution < 1.29 is 28.2 Å². The second kappa shape index (κ2) is 10.3. The molecule has 0 spiro atoms. The number of carbonyl (C=O) groups excluding carboxylic acids is 2. The molecule has 1 atom stereocenters. The summed E-state index contributed by atoms with van der Waals surface area (Å²) in [6.45, 7) is 4.47. The number of likely N-dealkylation sites (N-methyl/N-ethyl adjacent to an activating group) is 2. The summed E-state index contributed by atoms with van der Waals surface area (Å²) in [6, 6.07) is 7.49. The lowest BCUT2D eigenvalue weighted by atomic mass is 10.1. The van der Waals surface area contributed by atoms with Crippen LogP contribution in [-0.4, -0.2) is 93.2 Å². The maximum atomic E-state index is 13.0. The number of morpholine rings is 1. The summed E-state index contributed by atoms with van der Waals surface area (Å²) in [4.78, 5) is 31.3. The minimum absolute atomic E-state index is 0.125. The van der Waals surface area contributed by atoms with E-state index in [-0.39, 0.29) is 11.8 Å². The topological polar surface area (TPSA) is 84.7 Å². The molecule has 0 aliphatic carbocycles. The van der Waals surface area contributed by atoms with Gasteiger partial charge < -0.3 is 28.4 Å². The zero-order chi connectivity index (χ0) is 23.4. The standard InChI is InChI=1S/C24H31N3O6/c1-25(23(28)20-15-17-5-4-6-19(30-3)21(17)33-20)8-9-26(2)24(29)22-18(7-12-32-22)16-27-10-13-31-14-11-27/h4-7,12,20H,8-11,13-16H2,1-3H3. The molecule has 2 aliphatic heterocycles. The Balaban J connectivity index is 1.30. The van der Waals surface area contributed by atoms with Crippen molar-refractivity contribution in [3.8, 4) is 11.5 Å². The van der Waals surface area contributed by atoms with Crippen LogP contribution in [0.25, 0.3) is 0 Å². The fourth-order valence-electron chi connectivity index (χ4n) is 4.12. The Hall–Kier alpha value is -3.04. The number of rotatable bonds is 8. The Labute approximate surface area is 193 Å². The summed E-state index contributed by atoms with van der Waals surface area (Å²) in [5.74, 6) is 1.28.